The van der Waals surface area contributed by atoms with Gasteiger partial charge in [-0.1, -0.05) is 0 Å². The molecule has 0 saturated carbocycles. The van der Waals surface area contributed by atoms with Gasteiger partial charge < -0.3 is 5.43 Å². The molecule has 0 aromatic carbocycles. The average Bonchev–Trinajstić information content (AvgIpc) is 2.36. The van der Waals surface area contributed by atoms with Crippen molar-refractivity contribution in [3.8, 4) is 0 Å². The molecular weight excluding hydrogens is 130 g/mol. The van der Waals surface area contributed by atoms with Crippen LogP contribution in [0, 0.1) is 5.92 Å². The third kappa shape index (κ3) is 0.724. The van der Waals surface area contributed by atoms with Crippen LogP contribution in [-0.2, 0) is 4.79 Å². The number of amidine groups is 1. The molecule has 0 aromatic heterocycles. The number of hydrazine groups is 1. The zero-order valence-electron chi connectivity index (χ0n) is 5.55. The lowest BCUT2D eigenvalue weighted by molar-refractivity contribution is -0.120. The van der Waals surface area contributed by atoms with Crippen molar-refractivity contribution in [1.29, 1.82) is 0 Å². The molecule has 0 aromatic rings. The van der Waals surface area contributed by atoms with Gasteiger partial charge in [0, 0.05) is 19.5 Å². The van der Waals surface area contributed by atoms with Crippen molar-refractivity contribution in [2.45, 2.75) is 6.42 Å². The standard InChI is InChI=1S/C6H9N3O/c10-5-1-2-7-6-4(5)3-8-9-6/h4,8H,1-3H2,(H,7,9). The van der Waals surface area contributed by atoms with E-state index in [-0.39, 0.29) is 5.92 Å². The van der Waals surface area contributed by atoms with Crippen molar-refractivity contribution < 1.29 is 4.79 Å². The molecule has 2 N–H and O–H groups in total. The van der Waals surface area contributed by atoms with Gasteiger partial charge in [-0.25, -0.2) is 5.43 Å². The fourth-order valence-corrected chi connectivity index (χ4v) is 1.30. The average molecular weight is 139 g/mol. The maximum absolute atomic E-state index is 11.1. The zero-order valence-corrected chi connectivity index (χ0v) is 5.55. The molecule has 2 aliphatic rings. The highest BCUT2D eigenvalue weighted by Gasteiger charge is 2.30. The number of Topliss-reactive ketones (excluding diaryl/α,β-unsaturated/α-hetero) is 1. The molecule has 2 rings (SSSR count). The molecule has 1 fully saturated rings. The lowest BCUT2D eigenvalue weighted by Crippen LogP contribution is -2.32. The number of nitrogens with zero attached hydrogens (tertiary/aromatic N) is 1. The van der Waals surface area contributed by atoms with Crippen LogP contribution in [0.4, 0.5) is 0 Å². The minimum absolute atomic E-state index is 0.0220. The first-order valence-corrected chi connectivity index (χ1v) is 3.44. The molecule has 2 aliphatic heterocycles. The van der Waals surface area contributed by atoms with Crippen LogP contribution in [0.15, 0.2) is 4.99 Å². The lowest BCUT2D eigenvalue weighted by atomic mass is 9.99. The van der Waals surface area contributed by atoms with Crippen LogP contribution in [-0.4, -0.2) is 24.7 Å². The molecule has 1 atom stereocenters. The number of hydrogen-bond donors (Lipinski definition) is 2. The van der Waals surface area contributed by atoms with Crippen LogP contribution in [0.25, 0.3) is 0 Å². The second-order valence-corrected chi connectivity index (χ2v) is 2.54. The molecule has 0 amide bonds. The molecule has 0 radical (unpaired) electrons. The van der Waals surface area contributed by atoms with Crippen molar-refractivity contribution in [1.82, 2.24) is 10.9 Å². The summed E-state index contributed by atoms with van der Waals surface area (Å²) in [7, 11) is 0. The van der Waals surface area contributed by atoms with E-state index < -0.39 is 0 Å². The number of hydrogen-bond acceptors (Lipinski definition) is 4. The molecule has 2 heterocycles. The summed E-state index contributed by atoms with van der Waals surface area (Å²) in [4.78, 5) is 15.3. The SMILES string of the molecule is O=C1CCN=C2NNCC12. The van der Waals surface area contributed by atoms with Crippen LogP contribution in [0.1, 0.15) is 6.42 Å². The number of fused-ring (bicyclic) bond motifs is 1. The monoisotopic (exact) mass is 139 g/mol. The van der Waals surface area contributed by atoms with Crippen molar-refractivity contribution in [3.05, 3.63) is 0 Å². The first-order chi connectivity index (χ1) is 4.88. The molecule has 54 valence electrons. The second kappa shape index (κ2) is 2.05. The summed E-state index contributed by atoms with van der Waals surface area (Å²) in [6, 6.07) is 0. The molecule has 1 unspecified atom stereocenters. The predicted octanol–water partition coefficient (Wildman–Crippen LogP) is -0.918. The first kappa shape index (κ1) is 5.85. The van der Waals surface area contributed by atoms with Gasteiger partial charge in [0.2, 0.25) is 0 Å². The molecule has 0 bridgehead atoms. The number of aliphatic imine (C=N–C) groups is 1. The fourth-order valence-electron chi connectivity index (χ4n) is 1.30. The largest absolute Gasteiger partial charge is 0.309 e. The number of carbonyl (C=O) groups excluding carboxylic acids is 1. The smallest absolute Gasteiger partial charge is 0.146 e. The van der Waals surface area contributed by atoms with E-state index in [9.17, 15) is 4.79 Å². The topological polar surface area (TPSA) is 53.5 Å². The minimum atomic E-state index is 0.0220. The van der Waals surface area contributed by atoms with E-state index >= 15 is 0 Å². The van der Waals surface area contributed by atoms with E-state index in [2.05, 4.69) is 15.8 Å². The van der Waals surface area contributed by atoms with E-state index in [4.69, 9.17) is 0 Å². The Morgan fingerprint density at radius 1 is 1.60 bits per heavy atom. The van der Waals surface area contributed by atoms with Crippen LogP contribution >= 0.6 is 0 Å². The Morgan fingerprint density at radius 2 is 2.50 bits per heavy atom. The van der Waals surface area contributed by atoms with Crippen LogP contribution in [0.3, 0.4) is 0 Å². The summed E-state index contributed by atoms with van der Waals surface area (Å²) in [5, 5.41) is 0. The normalized spacial score (nSPS) is 31.0. The lowest BCUT2D eigenvalue weighted by Gasteiger charge is -2.11. The molecule has 1 saturated heterocycles. The first-order valence-electron chi connectivity index (χ1n) is 3.44. The Balaban J connectivity index is 2.26. The van der Waals surface area contributed by atoms with Gasteiger partial charge in [-0.2, -0.15) is 0 Å². The van der Waals surface area contributed by atoms with E-state index in [0.29, 0.717) is 25.3 Å². The van der Waals surface area contributed by atoms with Gasteiger partial charge in [-0.05, 0) is 0 Å². The summed E-state index contributed by atoms with van der Waals surface area (Å²) < 4.78 is 0. The molecular formula is C6H9N3O. The van der Waals surface area contributed by atoms with Gasteiger partial charge in [-0.15, -0.1) is 0 Å². The molecule has 4 nitrogen and oxygen atoms in total. The maximum atomic E-state index is 11.1. The Hall–Kier alpha value is -0.900. The highest BCUT2D eigenvalue weighted by atomic mass is 16.1. The van der Waals surface area contributed by atoms with Gasteiger partial charge in [-0.3, -0.25) is 9.79 Å². The van der Waals surface area contributed by atoms with Gasteiger partial charge in [0.1, 0.15) is 11.6 Å². The highest BCUT2D eigenvalue weighted by molar-refractivity contribution is 6.06. The van der Waals surface area contributed by atoms with Gasteiger partial charge in [0.25, 0.3) is 0 Å². The summed E-state index contributed by atoms with van der Waals surface area (Å²) >= 11 is 0. The maximum Gasteiger partial charge on any atom is 0.146 e. The van der Waals surface area contributed by atoms with Gasteiger partial charge in [0.05, 0.1) is 5.92 Å². The number of rotatable bonds is 0. The highest BCUT2D eigenvalue weighted by Crippen LogP contribution is 2.11. The summed E-state index contributed by atoms with van der Waals surface area (Å²) in [6.07, 6.45) is 0.609. The third-order valence-corrected chi connectivity index (χ3v) is 1.88. The van der Waals surface area contributed by atoms with Crippen LogP contribution in [0.5, 0.6) is 0 Å². The van der Waals surface area contributed by atoms with Gasteiger partial charge in [0.15, 0.2) is 0 Å². The third-order valence-electron chi connectivity index (χ3n) is 1.88. The number of carbonyl (C=O) groups is 1. The van der Waals surface area contributed by atoms with E-state index in [1.165, 1.54) is 0 Å². The quantitative estimate of drug-likeness (QED) is 0.456. The zero-order chi connectivity index (χ0) is 6.97. The Labute approximate surface area is 58.7 Å². The Bertz CT molecular complexity index is 199. The minimum Gasteiger partial charge on any atom is -0.309 e. The van der Waals surface area contributed by atoms with Crippen LogP contribution in [0.2, 0.25) is 0 Å². The van der Waals surface area contributed by atoms with Crippen LogP contribution < -0.4 is 10.9 Å². The van der Waals surface area contributed by atoms with Crippen molar-refractivity contribution in [3.63, 3.8) is 0 Å². The Kier molecular flexibility index (Phi) is 1.20. The molecule has 10 heavy (non-hydrogen) atoms. The predicted molar refractivity (Wildman–Crippen MR) is 36.6 cm³/mol. The molecule has 0 aliphatic carbocycles. The van der Waals surface area contributed by atoms with Crippen molar-refractivity contribution in [2.24, 2.45) is 10.9 Å². The molecule has 4 heteroatoms. The van der Waals surface area contributed by atoms with E-state index in [1.54, 1.807) is 0 Å². The Morgan fingerprint density at radius 3 is 3.30 bits per heavy atom. The molecule has 0 spiro atoms. The summed E-state index contributed by atoms with van der Waals surface area (Å²) in [6.45, 7) is 1.36. The number of ketones is 1. The van der Waals surface area contributed by atoms with Gasteiger partial charge >= 0.3 is 0 Å². The van der Waals surface area contributed by atoms with Crippen molar-refractivity contribution in [2.75, 3.05) is 13.1 Å². The second-order valence-electron chi connectivity index (χ2n) is 2.54. The van der Waals surface area contributed by atoms with E-state index in [1.807, 2.05) is 0 Å². The fraction of sp³-hybridized carbons (Fsp3) is 0.667. The van der Waals surface area contributed by atoms with Crippen molar-refractivity contribution >= 4 is 11.6 Å². The summed E-state index contributed by atoms with van der Waals surface area (Å²) in [5.41, 5.74) is 5.76. The number of nitrogens with one attached hydrogen (secondary N) is 2. The summed E-state index contributed by atoms with van der Waals surface area (Å²) in [5.74, 6) is 1.16. The van der Waals surface area contributed by atoms with E-state index in [0.717, 1.165) is 5.84 Å².